The second-order valence-electron chi connectivity index (χ2n) is 7.23. The molecule has 0 radical (unpaired) electrons. The van der Waals surface area contributed by atoms with Crippen LogP contribution in [-0.2, 0) is 24.2 Å². The molecule has 0 bridgehead atoms. The number of anilines is 1. The van der Waals surface area contributed by atoms with Gasteiger partial charge in [0.05, 0.1) is 5.56 Å². The van der Waals surface area contributed by atoms with Gasteiger partial charge in [0.1, 0.15) is 17.6 Å². The van der Waals surface area contributed by atoms with Crippen molar-refractivity contribution in [2.24, 2.45) is 5.92 Å². The predicted molar refractivity (Wildman–Crippen MR) is 107 cm³/mol. The molecule has 2 aromatic heterocycles. The standard InChI is InChI=1S/C20H20N6OS/c1-12-3-6-14(7-4-12)19-23-25-26(24-19)11-18(27)22-20-16(10-21)15-8-5-13(2)9-17(15)28-20/h3-4,6-7,13H,5,8-9,11H2,1-2H3,(H,22,27)/t13-/m0/s1. The SMILES string of the molecule is Cc1ccc(-c2nnn(CC(=O)Nc3sc4c(c3C#N)CC[C@H](C)C4)n2)cc1. The summed E-state index contributed by atoms with van der Waals surface area (Å²) in [5.41, 5.74) is 3.70. The summed E-state index contributed by atoms with van der Waals surface area (Å²) in [6.07, 6.45) is 2.95. The molecule has 0 saturated carbocycles. The Bertz CT molecular complexity index is 1060. The average molecular weight is 392 g/mol. The fourth-order valence-electron chi connectivity index (χ4n) is 3.38. The van der Waals surface area contributed by atoms with Crippen LogP contribution in [0.15, 0.2) is 24.3 Å². The highest BCUT2D eigenvalue weighted by atomic mass is 32.1. The molecule has 142 valence electrons. The zero-order valence-corrected chi connectivity index (χ0v) is 16.6. The molecular formula is C20H20N6OS. The first-order valence-electron chi connectivity index (χ1n) is 9.23. The summed E-state index contributed by atoms with van der Waals surface area (Å²) in [4.78, 5) is 15.0. The summed E-state index contributed by atoms with van der Waals surface area (Å²) >= 11 is 1.51. The Morgan fingerprint density at radius 2 is 2.18 bits per heavy atom. The number of rotatable bonds is 4. The van der Waals surface area contributed by atoms with Gasteiger partial charge >= 0.3 is 0 Å². The minimum Gasteiger partial charge on any atom is -0.315 e. The molecule has 1 aliphatic rings. The number of benzene rings is 1. The molecule has 4 rings (SSSR count). The van der Waals surface area contributed by atoms with Crippen LogP contribution < -0.4 is 5.32 Å². The van der Waals surface area contributed by atoms with Crippen molar-refractivity contribution in [2.75, 3.05) is 5.32 Å². The lowest BCUT2D eigenvalue weighted by molar-refractivity contribution is -0.117. The van der Waals surface area contributed by atoms with Crippen LogP contribution in [0.5, 0.6) is 0 Å². The Morgan fingerprint density at radius 1 is 1.39 bits per heavy atom. The average Bonchev–Trinajstić information content (AvgIpc) is 3.25. The van der Waals surface area contributed by atoms with E-state index in [1.54, 1.807) is 0 Å². The largest absolute Gasteiger partial charge is 0.315 e. The summed E-state index contributed by atoms with van der Waals surface area (Å²) in [6, 6.07) is 10.1. The molecule has 0 unspecified atom stereocenters. The van der Waals surface area contributed by atoms with Crippen LogP contribution in [-0.4, -0.2) is 26.1 Å². The Kier molecular flexibility index (Phi) is 4.92. The number of hydrogen-bond acceptors (Lipinski definition) is 6. The highest BCUT2D eigenvalue weighted by Crippen LogP contribution is 2.39. The number of tetrazole rings is 1. The van der Waals surface area contributed by atoms with Crippen LogP contribution >= 0.6 is 11.3 Å². The Labute approximate surface area is 167 Å². The van der Waals surface area contributed by atoms with Crippen LogP contribution in [0.1, 0.15) is 34.9 Å². The van der Waals surface area contributed by atoms with Gasteiger partial charge in [-0.2, -0.15) is 10.1 Å². The van der Waals surface area contributed by atoms with Gasteiger partial charge in [0.2, 0.25) is 11.7 Å². The van der Waals surface area contributed by atoms with Crippen molar-refractivity contribution < 1.29 is 4.79 Å². The van der Waals surface area contributed by atoms with Gasteiger partial charge in [-0.05, 0) is 42.9 Å². The molecule has 0 aliphatic heterocycles. The van der Waals surface area contributed by atoms with Crippen molar-refractivity contribution in [2.45, 2.75) is 39.7 Å². The van der Waals surface area contributed by atoms with Crippen LogP contribution in [0.3, 0.4) is 0 Å². The molecule has 1 aromatic carbocycles. The van der Waals surface area contributed by atoms with Crippen molar-refractivity contribution in [1.29, 1.82) is 5.26 Å². The number of amides is 1. The van der Waals surface area contributed by atoms with E-state index in [-0.39, 0.29) is 12.5 Å². The summed E-state index contributed by atoms with van der Waals surface area (Å²) < 4.78 is 0. The molecule has 0 saturated heterocycles. The minimum absolute atomic E-state index is 0.0529. The predicted octanol–water partition coefficient (Wildman–Crippen LogP) is 3.35. The van der Waals surface area contributed by atoms with Gasteiger partial charge in [-0.1, -0.05) is 36.8 Å². The number of nitriles is 1. The second-order valence-corrected chi connectivity index (χ2v) is 8.33. The summed E-state index contributed by atoms with van der Waals surface area (Å²) in [5, 5.41) is 25.3. The van der Waals surface area contributed by atoms with Crippen molar-refractivity contribution in [3.8, 4) is 17.5 Å². The monoisotopic (exact) mass is 392 g/mol. The maximum atomic E-state index is 12.5. The maximum absolute atomic E-state index is 12.5. The van der Waals surface area contributed by atoms with Crippen molar-refractivity contribution in [3.63, 3.8) is 0 Å². The number of fused-ring (bicyclic) bond motifs is 1. The lowest BCUT2D eigenvalue weighted by atomic mass is 9.89. The molecule has 2 heterocycles. The van der Waals surface area contributed by atoms with Crippen molar-refractivity contribution in [1.82, 2.24) is 20.2 Å². The van der Waals surface area contributed by atoms with E-state index in [4.69, 9.17) is 0 Å². The van der Waals surface area contributed by atoms with E-state index in [1.807, 2.05) is 31.2 Å². The first-order valence-corrected chi connectivity index (χ1v) is 10.0. The van der Waals surface area contributed by atoms with Gasteiger partial charge in [-0.15, -0.1) is 21.5 Å². The number of hydrogen-bond donors (Lipinski definition) is 1. The Hall–Kier alpha value is -3.05. The van der Waals surface area contributed by atoms with Crippen molar-refractivity contribution in [3.05, 3.63) is 45.8 Å². The van der Waals surface area contributed by atoms with Gasteiger partial charge in [0, 0.05) is 10.4 Å². The Morgan fingerprint density at radius 3 is 2.93 bits per heavy atom. The summed E-state index contributed by atoms with van der Waals surface area (Å²) in [5.74, 6) is 0.822. The fraction of sp³-hybridized carbons (Fsp3) is 0.350. The molecule has 1 N–H and O–H groups in total. The third kappa shape index (κ3) is 3.66. The number of nitrogens with zero attached hydrogens (tertiary/aromatic N) is 5. The zero-order chi connectivity index (χ0) is 19.7. The summed E-state index contributed by atoms with van der Waals surface area (Å²) in [6.45, 7) is 4.18. The summed E-state index contributed by atoms with van der Waals surface area (Å²) in [7, 11) is 0. The molecule has 0 fully saturated rings. The smallest absolute Gasteiger partial charge is 0.248 e. The third-order valence-corrected chi connectivity index (χ3v) is 6.09. The number of aromatic nitrogens is 4. The molecule has 1 aliphatic carbocycles. The van der Waals surface area contributed by atoms with E-state index >= 15 is 0 Å². The number of nitrogens with one attached hydrogen (secondary N) is 1. The zero-order valence-electron chi connectivity index (χ0n) is 15.8. The van der Waals surface area contributed by atoms with E-state index in [2.05, 4.69) is 33.7 Å². The minimum atomic E-state index is -0.268. The molecule has 3 aromatic rings. The second kappa shape index (κ2) is 7.52. The molecule has 28 heavy (non-hydrogen) atoms. The van der Waals surface area contributed by atoms with Gasteiger partial charge in [0.15, 0.2) is 0 Å². The van der Waals surface area contributed by atoms with E-state index < -0.39 is 0 Å². The quantitative estimate of drug-likeness (QED) is 0.734. The highest BCUT2D eigenvalue weighted by Gasteiger charge is 2.24. The third-order valence-electron chi connectivity index (χ3n) is 4.92. The topological polar surface area (TPSA) is 96.5 Å². The van der Waals surface area contributed by atoms with Gasteiger partial charge in [-0.3, -0.25) is 4.79 Å². The Balaban J connectivity index is 1.47. The highest BCUT2D eigenvalue weighted by molar-refractivity contribution is 7.16. The first-order chi connectivity index (χ1) is 13.5. The van der Waals surface area contributed by atoms with Crippen LogP contribution in [0.2, 0.25) is 0 Å². The van der Waals surface area contributed by atoms with E-state index in [0.29, 0.717) is 22.3 Å². The van der Waals surface area contributed by atoms with Crippen molar-refractivity contribution >= 4 is 22.2 Å². The molecule has 0 spiro atoms. The molecule has 1 atom stereocenters. The maximum Gasteiger partial charge on any atom is 0.248 e. The number of thiophene rings is 1. The van der Waals surface area contributed by atoms with Gasteiger partial charge < -0.3 is 5.32 Å². The lowest BCUT2D eigenvalue weighted by Gasteiger charge is -2.17. The van der Waals surface area contributed by atoms with Gasteiger partial charge in [0.25, 0.3) is 0 Å². The normalized spacial score (nSPS) is 15.7. The lowest BCUT2D eigenvalue weighted by Crippen LogP contribution is -2.20. The number of carbonyl (C=O) groups is 1. The number of aryl methyl sites for hydroxylation is 1. The number of carbonyl (C=O) groups excluding carboxylic acids is 1. The van der Waals surface area contributed by atoms with Gasteiger partial charge in [-0.25, -0.2) is 0 Å². The first kappa shape index (κ1) is 18.3. The molecule has 8 heteroatoms. The van der Waals surface area contributed by atoms with Crippen LogP contribution in [0.25, 0.3) is 11.4 Å². The van der Waals surface area contributed by atoms with E-state index in [0.717, 1.165) is 36.0 Å². The molecular weight excluding hydrogens is 372 g/mol. The molecule has 1 amide bonds. The molecule has 7 nitrogen and oxygen atoms in total. The fourth-order valence-corrected chi connectivity index (χ4v) is 4.76. The van der Waals surface area contributed by atoms with E-state index in [1.165, 1.54) is 21.0 Å². The van der Waals surface area contributed by atoms with E-state index in [9.17, 15) is 10.1 Å². The van der Waals surface area contributed by atoms with Crippen LogP contribution in [0.4, 0.5) is 5.00 Å². The van der Waals surface area contributed by atoms with Crippen LogP contribution in [0, 0.1) is 24.2 Å².